The van der Waals surface area contributed by atoms with Crippen LogP contribution >= 0.6 is 15.9 Å². The Hall–Kier alpha value is -1.86. The summed E-state index contributed by atoms with van der Waals surface area (Å²) in [6.07, 6.45) is 1.27. The van der Waals surface area contributed by atoms with Gasteiger partial charge in [-0.3, -0.25) is 0 Å². The summed E-state index contributed by atoms with van der Waals surface area (Å²) >= 11 is 3.35. The van der Waals surface area contributed by atoms with Gasteiger partial charge in [-0.2, -0.15) is 12.8 Å². The van der Waals surface area contributed by atoms with E-state index in [-0.39, 0.29) is 4.90 Å². The van der Waals surface area contributed by atoms with Crippen molar-refractivity contribution in [3.05, 3.63) is 52.5 Å². The van der Waals surface area contributed by atoms with Crippen LogP contribution in [-0.2, 0) is 10.0 Å². The Kier molecular flexibility index (Phi) is 5.20. The van der Waals surface area contributed by atoms with Gasteiger partial charge in [0.05, 0.1) is 23.6 Å². The fourth-order valence-corrected chi connectivity index (χ4v) is 3.30. The largest absolute Gasteiger partial charge is 0.493 e. The molecular formula is C15H14BrNO4S. The molecule has 116 valence electrons. The third-order valence-corrected chi connectivity index (χ3v) is 4.68. The van der Waals surface area contributed by atoms with Crippen LogP contribution in [0.2, 0.25) is 0 Å². The third-order valence-electron chi connectivity index (χ3n) is 2.84. The highest BCUT2D eigenvalue weighted by atomic mass is 79.9. The molecule has 5 nitrogen and oxygen atoms in total. The third kappa shape index (κ3) is 3.66. The van der Waals surface area contributed by atoms with Crippen molar-refractivity contribution in [2.75, 3.05) is 14.2 Å². The zero-order chi connectivity index (χ0) is 16.2. The minimum absolute atomic E-state index is 0.144. The van der Waals surface area contributed by atoms with Crippen LogP contribution in [-0.4, -0.2) is 28.9 Å². The number of methoxy groups -OCH3 is 2. The van der Waals surface area contributed by atoms with Crippen LogP contribution in [0.25, 0.3) is 0 Å². The van der Waals surface area contributed by atoms with Crippen LogP contribution in [0.1, 0.15) is 5.56 Å². The molecule has 0 aliphatic rings. The molecule has 0 N–H and O–H groups in total. The lowest BCUT2D eigenvalue weighted by molar-refractivity contribution is 0.353. The Morgan fingerprint density at radius 3 is 2.36 bits per heavy atom. The summed E-state index contributed by atoms with van der Waals surface area (Å²) in [4.78, 5) is 0.144. The zero-order valence-corrected chi connectivity index (χ0v) is 14.4. The van der Waals surface area contributed by atoms with E-state index in [1.165, 1.54) is 32.6 Å². The average Bonchev–Trinajstić information content (AvgIpc) is 2.53. The molecule has 0 radical (unpaired) electrons. The van der Waals surface area contributed by atoms with Crippen LogP contribution in [0.15, 0.2) is 56.2 Å². The molecule has 2 aromatic carbocycles. The van der Waals surface area contributed by atoms with Gasteiger partial charge in [0.25, 0.3) is 10.0 Å². The maximum atomic E-state index is 12.1. The van der Waals surface area contributed by atoms with Crippen LogP contribution in [0.4, 0.5) is 0 Å². The summed E-state index contributed by atoms with van der Waals surface area (Å²) in [6.45, 7) is 0. The quantitative estimate of drug-likeness (QED) is 0.743. The fraction of sp³-hybridized carbons (Fsp3) is 0.133. The molecule has 0 bridgehead atoms. The molecule has 0 aliphatic heterocycles. The van der Waals surface area contributed by atoms with E-state index in [2.05, 4.69) is 20.3 Å². The van der Waals surface area contributed by atoms with Crippen LogP contribution in [0.3, 0.4) is 0 Å². The van der Waals surface area contributed by atoms with E-state index in [9.17, 15) is 8.42 Å². The minimum atomic E-state index is -3.72. The molecule has 22 heavy (non-hydrogen) atoms. The fourth-order valence-electron chi connectivity index (χ4n) is 1.80. The number of rotatable bonds is 5. The van der Waals surface area contributed by atoms with E-state index < -0.39 is 10.0 Å². The molecule has 0 aromatic heterocycles. The number of nitrogens with zero attached hydrogens (tertiary/aromatic N) is 1. The molecule has 0 saturated heterocycles. The lowest BCUT2D eigenvalue weighted by Gasteiger charge is -2.10. The SMILES string of the molecule is COc1cc(/C=N\S(=O)(=O)c2ccccc2)cc(Br)c1OC. The smallest absolute Gasteiger partial charge is 0.282 e. The summed E-state index contributed by atoms with van der Waals surface area (Å²) in [5.41, 5.74) is 0.573. The number of hydrogen-bond donors (Lipinski definition) is 0. The molecule has 0 heterocycles. The first kappa shape index (κ1) is 16.5. The lowest BCUT2D eigenvalue weighted by Crippen LogP contribution is -1.98. The van der Waals surface area contributed by atoms with E-state index in [1.807, 2.05) is 0 Å². The minimum Gasteiger partial charge on any atom is -0.493 e. The van der Waals surface area contributed by atoms with Gasteiger partial charge >= 0.3 is 0 Å². The van der Waals surface area contributed by atoms with Crippen molar-refractivity contribution in [3.63, 3.8) is 0 Å². The van der Waals surface area contributed by atoms with Gasteiger partial charge in [-0.25, -0.2) is 0 Å². The first-order chi connectivity index (χ1) is 10.5. The lowest BCUT2D eigenvalue weighted by atomic mass is 10.2. The molecule has 0 amide bonds. The second-order valence-corrected chi connectivity index (χ2v) is 6.75. The van der Waals surface area contributed by atoms with E-state index in [0.717, 1.165) is 0 Å². The maximum absolute atomic E-state index is 12.1. The predicted octanol–water partition coefficient (Wildman–Crippen LogP) is 3.27. The number of benzene rings is 2. The van der Waals surface area contributed by atoms with Crippen molar-refractivity contribution in [1.29, 1.82) is 0 Å². The molecule has 2 aromatic rings. The topological polar surface area (TPSA) is 65.0 Å². The predicted molar refractivity (Wildman–Crippen MR) is 88.5 cm³/mol. The van der Waals surface area contributed by atoms with E-state index >= 15 is 0 Å². The molecule has 0 unspecified atom stereocenters. The Morgan fingerprint density at radius 1 is 1.09 bits per heavy atom. The van der Waals surface area contributed by atoms with Crippen molar-refractivity contribution in [1.82, 2.24) is 0 Å². The van der Waals surface area contributed by atoms with Crippen molar-refractivity contribution >= 4 is 32.2 Å². The summed E-state index contributed by atoms with van der Waals surface area (Å²) in [6, 6.07) is 11.4. The van der Waals surface area contributed by atoms with Crippen LogP contribution in [0, 0.1) is 0 Å². The van der Waals surface area contributed by atoms with Gasteiger partial charge in [-0.1, -0.05) is 18.2 Å². The van der Waals surface area contributed by atoms with Crippen molar-refractivity contribution < 1.29 is 17.9 Å². The number of hydrogen-bond acceptors (Lipinski definition) is 4. The Labute approximate surface area is 137 Å². The van der Waals surface area contributed by atoms with Crippen molar-refractivity contribution in [3.8, 4) is 11.5 Å². The van der Waals surface area contributed by atoms with Crippen LogP contribution in [0.5, 0.6) is 11.5 Å². The van der Waals surface area contributed by atoms with E-state index in [1.54, 1.807) is 30.3 Å². The Bertz CT molecular complexity index is 789. The van der Waals surface area contributed by atoms with Crippen molar-refractivity contribution in [2.24, 2.45) is 4.40 Å². The van der Waals surface area contributed by atoms with Crippen LogP contribution < -0.4 is 9.47 Å². The van der Waals surface area contributed by atoms with Gasteiger partial charge < -0.3 is 9.47 Å². The number of halogens is 1. The standard InChI is InChI=1S/C15H14BrNO4S/c1-20-14-9-11(8-13(16)15(14)21-2)10-17-22(18,19)12-6-4-3-5-7-12/h3-10H,1-2H3/b17-10-. The number of ether oxygens (including phenoxy) is 2. The monoisotopic (exact) mass is 383 g/mol. The van der Waals surface area contributed by atoms with Crippen molar-refractivity contribution in [2.45, 2.75) is 4.90 Å². The normalized spacial score (nSPS) is 11.6. The molecule has 7 heteroatoms. The van der Waals surface area contributed by atoms with E-state index in [0.29, 0.717) is 21.5 Å². The Morgan fingerprint density at radius 2 is 1.77 bits per heavy atom. The summed E-state index contributed by atoms with van der Waals surface area (Å²) in [7, 11) is -0.695. The van der Waals surface area contributed by atoms with E-state index in [4.69, 9.17) is 9.47 Å². The highest BCUT2D eigenvalue weighted by molar-refractivity contribution is 9.10. The summed E-state index contributed by atoms with van der Waals surface area (Å²) < 4.78 is 39.0. The van der Waals surface area contributed by atoms with Gasteiger partial charge in [-0.15, -0.1) is 0 Å². The highest BCUT2D eigenvalue weighted by Crippen LogP contribution is 2.35. The van der Waals surface area contributed by atoms with Gasteiger partial charge in [0.1, 0.15) is 0 Å². The number of sulfonamides is 1. The molecule has 0 atom stereocenters. The molecule has 0 fully saturated rings. The molecule has 0 aliphatic carbocycles. The average molecular weight is 384 g/mol. The first-order valence-corrected chi connectivity index (χ1v) is 8.48. The maximum Gasteiger partial charge on any atom is 0.282 e. The second kappa shape index (κ2) is 6.93. The van der Waals surface area contributed by atoms with Gasteiger partial charge in [0.2, 0.25) is 0 Å². The molecular weight excluding hydrogens is 370 g/mol. The second-order valence-electron chi connectivity index (χ2n) is 4.26. The Balaban J connectivity index is 2.37. The highest BCUT2D eigenvalue weighted by Gasteiger charge is 2.12. The molecule has 0 spiro atoms. The summed E-state index contributed by atoms with van der Waals surface area (Å²) in [5.74, 6) is 1.01. The van der Waals surface area contributed by atoms with Gasteiger partial charge in [0.15, 0.2) is 11.5 Å². The van der Waals surface area contributed by atoms with Gasteiger partial charge in [0, 0.05) is 6.21 Å². The summed E-state index contributed by atoms with van der Waals surface area (Å²) in [5, 5.41) is 0. The molecule has 0 saturated carbocycles. The zero-order valence-electron chi connectivity index (χ0n) is 12.0. The van der Waals surface area contributed by atoms with Gasteiger partial charge in [-0.05, 0) is 45.8 Å². The first-order valence-electron chi connectivity index (χ1n) is 6.25. The molecule has 2 rings (SSSR count).